The minimum atomic E-state index is 0.750. The van der Waals surface area contributed by atoms with Crippen molar-refractivity contribution >= 4 is 23.4 Å². The fourth-order valence-electron chi connectivity index (χ4n) is 2.02. The van der Waals surface area contributed by atoms with E-state index < -0.39 is 0 Å². The van der Waals surface area contributed by atoms with Crippen molar-refractivity contribution in [3.8, 4) is 0 Å². The minimum Gasteiger partial charge on any atom is -0.313 e. The Morgan fingerprint density at radius 1 is 1.44 bits per heavy atom. The molecule has 0 radical (unpaired) electrons. The van der Waals surface area contributed by atoms with Crippen molar-refractivity contribution in [2.24, 2.45) is 0 Å². The lowest BCUT2D eigenvalue weighted by Gasteiger charge is -2.11. The Bertz CT molecular complexity index is 327. The molecule has 2 rings (SSSR count). The summed E-state index contributed by atoms with van der Waals surface area (Å²) in [5.74, 6) is 1.03. The van der Waals surface area contributed by atoms with E-state index in [4.69, 9.17) is 11.6 Å². The van der Waals surface area contributed by atoms with Gasteiger partial charge in [-0.15, -0.1) is 11.8 Å². The first-order valence-electron chi connectivity index (χ1n) is 5.83. The minimum absolute atomic E-state index is 0.750. The van der Waals surface area contributed by atoms with Gasteiger partial charge in [0.25, 0.3) is 0 Å². The smallest absolute Gasteiger partial charge is 0.115 e. The van der Waals surface area contributed by atoms with Crippen molar-refractivity contribution in [3.05, 3.63) is 23.4 Å². The highest BCUT2D eigenvalue weighted by Gasteiger charge is 2.13. The molecule has 2 nitrogen and oxygen atoms in total. The fraction of sp³-hybridized carbons (Fsp3) is 0.583. The zero-order valence-electron chi connectivity index (χ0n) is 9.29. The zero-order chi connectivity index (χ0) is 11.2. The lowest BCUT2D eigenvalue weighted by atomic mass is 10.2. The molecule has 1 aromatic rings. The van der Waals surface area contributed by atoms with Crippen LogP contribution in [-0.2, 0) is 0 Å². The van der Waals surface area contributed by atoms with E-state index >= 15 is 0 Å². The van der Waals surface area contributed by atoms with E-state index in [1.807, 2.05) is 12.1 Å². The number of aromatic nitrogens is 1. The van der Waals surface area contributed by atoms with Crippen molar-refractivity contribution in [2.75, 3.05) is 12.3 Å². The Balaban J connectivity index is 1.66. The van der Waals surface area contributed by atoms with Gasteiger partial charge in [0, 0.05) is 24.5 Å². The third kappa shape index (κ3) is 3.65. The van der Waals surface area contributed by atoms with Gasteiger partial charge in [0.05, 0.1) is 5.02 Å². The van der Waals surface area contributed by atoms with Crippen LogP contribution in [-0.4, -0.2) is 23.3 Å². The Labute approximate surface area is 106 Å². The molecule has 1 aliphatic rings. The van der Waals surface area contributed by atoms with E-state index in [1.165, 1.54) is 25.7 Å². The van der Waals surface area contributed by atoms with E-state index in [9.17, 15) is 0 Å². The van der Waals surface area contributed by atoms with Gasteiger partial charge in [0.2, 0.25) is 0 Å². The summed E-state index contributed by atoms with van der Waals surface area (Å²) < 4.78 is 0. The van der Waals surface area contributed by atoms with Gasteiger partial charge in [0.15, 0.2) is 0 Å². The summed E-state index contributed by atoms with van der Waals surface area (Å²) in [5, 5.41) is 5.28. The Hall–Kier alpha value is -0.250. The molecule has 4 heteroatoms. The van der Waals surface area contributed by atoms with E-state index in [0.717, 1.165) is 28.4 Å². The molecule has 1 aromatic heterocycles. The summed E-state index contributed by atoms with van der Waals surface area (Å²) in [7, 11) is 0. The third-order valence-corrected chi connectivity index (χ3v) is 4.28. The van der Waals surface area contributed by atoms with E-state index in [-0.39, 0.29) is 0 Å². The van der Waals surface area contributed by atoms with Crippen LogP contribution >= 0.6 is 23.4 Å². The lowest BCUT2D eigenvalue weighted by Crippen LogP contribution is -2.28. The number of hydrogen-bond acceptors (Lipinski definition) is 3. The van der Waals surface area contributed by atoms with Crippen molar-refractivity contribution in [1.82, 2.24) is 10.3 Å². The summed E-state index contributed by atoms with van der Waals surface area (Å²) in [6.45, 7) is 1.04. The molecule has 16 heavy (non-hydrogen) atoms. The standard InChI is InChI=1S/C12H17ClN2S/c13-11-6-3-7-15-12(11)16-9-8-14-10-4-1-2-5-10/h3,6-7,10,14H,1-2,4-5,8-9H2. The Morgan fingerprint density at radius 3 is 3.00 bits per heavy atom. The van der Waals surface area contributed by atoms with Crippen LogP contribution in [0.15, 0.2) is 23.4 Å². The van der Waals surface area contributed by atoms with Gasteiger partial charge in [-0.05, 0) is 25.0 Å². The van der Waals surface area contributed by atoms with Crippen LogP contribution in [0.2, 0.25) is 5.02 Å². The number of pyridine rings is 1. The van der Waals surface area contributed by atoms with Crippen LogP contribution in [0, 0.1) is 0 Å². The number of halogens is 1. The van der Waals surface area contributed by atoms with Gasteiger partial charge in [-0.3, -0.25) is 0 Å². The summed E-state index contributed by atoms with van der Waals surface area (Å²) in [6.07, 6.45) is 7.25. The van der Waals surface area contributed by atoms with Crippen molar-refractivity contribution in [2.45, 2.75) is 36.8 Å². The molecule has 0 spiro atoms. The molecule has 1 saturated carbocycles. The molecule has 1 N–H and O–H groups in total. The van der Waals surface area contributed by atoms with E-state index in [1.54, 1.807) is 18.0 Å². The average molecular weight is 257 g/mol. The molecular formula is C12H17ClN2S. The van der Waals surface area contributed by atoms with Crippen LogP contribution in [0.5, 0.6) is 0 Å². The van der Waals surface area contributed by atoms with Gasteiger partial charge in [0.1, 0.15) is 5.03 Å². The van der Waals surface area contributed by atoms with Crippen LogP contribution in [0.3, 0.4) is 0 Å². The van der Waals surface area contributed by atoms with Crippen LogP contribution in [0.4, 0.5) is 0 Å². The largest absolute Gasteiger partial charge is 0.313 e. The highest BCUT2D eigenvalue weighted by Crippen LogP contribution is 2.23. The highest BCUT2D eigenvalue weighted by molar-refractivity contribution is 7.99. The summed E-state index contributed by atoms with van der Waals surface area (Å²) in [4.78, 5) is 4.25. The lowest BCUT2D eigenvalue weighted by molar-refractivity contribution is 0.545. The molecular weight excluding hydrogens is 240 g/mol. The zero-order valence-corrected chi connectivity index (χ0v) is 10.9. The highest BCUT2D eigenvalue weighted by atomic mass is 35.5. The first kappa shape index (κ1) is 12.2. The first-order valence-corrected chi connectivity index (χ1v) is 7.19. The monoisotopic (exact) mass is 256 g/mol. The number of hydrogen-bond donors (Lipinski definition) is 1. The topological polar surface area (TPSA) is 24.9 Å². The summed E-state index contributed by atoms with van der Waals surface area (Å²) in [5.41, 5.74) is 0. The third-order valence-electron chi connectivity index (χ3n) is 2.85. The van der Waals surface area contributed by atoms with Crippen LogP contribution in [0.1, 0.15) is 25.7 Å². The molecule has 0 atom stereocenters. The maximum absolute atomic E-state index is 6.03. The van der Waals surface area contributed by atoms with Gasteiger partial charge < -0.3 is 5.32 Å². The van der Waals surface area contributed by atoms with Crippen LogP contribution in [0.25, 0.3) is 0 Å². The summed E-state index contributed by atoms with van der Waals surface area (Å²) >= 11 is 7.75. The SMILES string of the molecule is Clc1cccnc1SCCNC1CCCC1. The second-order valence-electron chi connectivity index (χ2n) is 4.07. The molecule has 1 fully saturated rings. The Kier molecular flexibility index (Phi) is 4.94. The molecule has 0 aliphatic heterocycles. The number of thioether (sulfide) groups is 1. The molecule has 1 heterocycles. The fourth-order valence-corrected chi connectivity index (χ4v) is 3.06. The maximum Gasteiger partial charge on any atom is 0.115 e. The quantitative estimate of drug-likeness (QED) is 0.646. The maximum atomic E-state index is 6.03. The molecule has 0 bridgehead atoms. The molecule has 1 aliphatic carbocycles. The summed E-state index contributed by atoms with van der Waals surface area (Å²) in [6, 6.07) is 4.50. The van der Waals surface area contributed by atoms with Gasteiger partial charge in [-0.25, -0.2) is 4.98 Å². The first-order chi connectivity index (χ1) is 7.86. The second kappa shape index (κ2) is 6.48. The van der Waals surface area contributed by atoms with Crippen LogP contribution < -0.4 is 5.32 Å². The number of nitrogens with one attached hydrogen (secondary N) is 1. The van der Waals surface area contributed by atoms with E-state index in [2.05, 4.69) is 10.3 Å². The van der Waals surface area contributed by atoms with Crippen molar-refractivity contribution in [3.63, 3.8) is 0 Å². The predicted octanol–water partition coefficient (Wildman–Crippen LogP) is 3.36. The number of nitrogens with zero attached hydrogens (tertiary/aromatic N) is 1. The molecule has 0 saturated heterocycles. The second-order valence-corrected chi connectivity index (χ2v) is 5.57. The molecule has 0 aromatic carbocycles. The molecule has 0 unspecified atom stereocenters. The van der Waals surface area contributed by atoms with Gasteiger partial charge in [-0.2, -0.15) is 0 Å². The van der Waals surface area contributed by atoms with Gasteiger partial charge >= 0.3 is 0 Å². The predicted molar refractivity (Wildman–Crippen MR) is 70.2 cm³/mol. The van der Waals surface area contributed by atoms with Gasteiger partial charge in [-0.1, -0.05) is 24.4 Å². The average Bonchev–Trinajstić information content (AvgIpc) is 2.79. The van der Waals surface area contributed by atoms with E-state index in [0.29, 0.717) is 0 Å². The Morgan fingerprint density at radius 2 is 2.25 bits per heavy atom. The number of rotatable bonds is 5. The molecule has 88 valence electrons. The van der Waals surface area contributed by atoms with Crippen molar-refractivity contribution < 1.29 is 0 Å². The normalized spacial score (nSPS) is 16.8. The molecule has 0 amide bonds. The van der Waals surface area contributed by atoms with Crippen molar-refractivity contribution in [1.29, 1.82) is 0 Å².